The lowest BCUT2D eigenvalue weighted by molar-refractivity contribution is -0.162. The van der Waals surface area contributed by atoms with Crippen molar-refractivity contribution in [3.05, 3.63) is 59.7 Å². The number of carbonyl (C=O) groups is 3. The van der Waals surface area contributed by atoms with Gasteiger partial charge in [-0.15, -0.1) is 0 Å². The third-order valence-electron chi connectivity index (χ3n) is 6.73. The number of ether oxygens (including phenoxy) is 5. The van der Waals surface area contributed by atoms with Crippen LogP contribution in [0.25, 0.3) is 0 Å². The van der Waals surface area contributed by atoms with E-state index in [1.807, 2.05) is 55.5 Å². The van der Waals surface area contributed by atoms with E-state index >= 15 is 0 Å². The van der Waals surface area contributed by atoms with Crippen molar-refractivity contribution in [2.45, 2.75) is 130 Å². The van der Waals surface area contributed by atoms with Gasteiger partial charge in [0.2, 0.25) is 0 Å². The van der Waals surface area contributed by atoms with Crippen LogP contribution < -0.4 is 14.8 Å². The van der Waals surface area contributed by atoms with E-state index in [1.165, 1.54) is 5.56 Å². The summed E-state index contributed by atoms with van der Waals surface area (Å²) in [5, 5.41) is 2.62. The van der Waals surface area contributed by atoms with Crippen LogP contribution in [0, 0.1) is 12.8 Å². The van der Waals surface area contributed by atoms with Crippen molar-refractivity contribution in [2.24, 2.45) is 5.92 Å². The van der Waals surface area contributed by atoms with E-state index in [0.717, 1.165) is 29.9 Å². The molecule has 0 saturated heterocycles. The number of esters is 2. The van der Waals surface area contributed by atoms with Gasteiger partial charge in [-0.05, 0) is 112 Å². The standard InChI is InChI=1S/C36H51NO8/c1-23-11-15-26(16-12-23)41-28-21-29(22-28)42-27-17-13-24(14-18-27)19-25(31(38)43-34(2,3)4)20-30(32(39)44-35(5,6)7)37-33(40)45-36(8,9)10/h11-18,25,28-30H,19-22H2,1-10H3,(H,37,40)/t25?,28?,29?,30-/m0/s1. The molecule has 1 N–H and O–H groups in total. The van der Waals surface area contributed by atoms with Crippen molar-refractivity contribution in [2.75, 3.05) is 0 Å². The molecule has 2 atom stereocenters. The van der Waals surface area contributed by atoms with Gasteiger partial charge in [0.05, 0.1) is 5.92 Å². The first-order valence-electron chi connectivity index (χ1n) is 15.7. The number of hydrogen-bond acceptors (Lipinski definition) is 8. The van der Waals surface area contributed by atoms with Gasteiger partial charge in [0, 0.05) is 12.8 Å². The monoisotopic (exact) mass is 625 g/mol. The van der Waals surface area contributed by atoms with Gasteiger partial charge in [0.1, 0.15) is 46.6 Å². The van der Waals surface area contributed by atoms with E-state index in [4.69, 9.17) is 23.7 Å². The highest BCUT2D eigenvalue weighted by Crippen LogP contribution is 2.30. The Balaban J connectivity index is 1.68. The van der Waals surface area contributed by atoms with Crippen molar-refractivity contribution in [3.63, 3.8) is 0 Å². The van der Waals surface area contributed by atoms with E-state index in [1.54, 1.807) is 62.3 Å². The number of hydrogen-bond donors (Lipinski definition) is 1. The predicted molar refractivity (Wildman–Crippen MR) is 172 cm³/mol. The third-order valence-corrected chi connectivity index (χ3v) is 6.73. The zero-order valence-corrected chi connectivity index (χ0v) is 28.5. The fourth-order valence-corrected chi connectivity index (χ4v) is 4.67. The summed E-state index contributed by atoms with van der Waals surface area (Å²) in [7, 11) is 0. The molecular weight excluding hydrogens is 574 g/mol. The highest BCUT2D eigenvalue weighted by Gasteiger charge is 2.36. The average Bonchev–Trinajstić information content (AvgIpc) is 2.85. The van der Waals surface area contributed by atoms with Crippen LogP contribution >= 0.6 is 0 Å². The third kappa shape index (κ3) is 13.0. The van der Waals surface area contributed by atoms with Gasteiger partial charge in [-0.3, -0.25) is 4.79 Å². The lowest BCUT2D eigenvalue weighted by atomic mass is 9.91. The van der Waals surface area contributed by atoms with E-state index in [-0.39, 0.29) is 25.0 Å². The van der Waals surface area contributed by atoms with Crippen molar-refractivity contribution < 1.29 is 38.1 Å². The zero-order chi connectivity index (χ0) is 33.6. The van der Waals surface area contributed by atoms with Gasteiger partial charge < -0.3 is 29.0 Å². The summed E-state index contributed by atoms with van der Waals surface area (Å²) in [6, 6.07) is 14.4. The summed E-state index contributed by atoms with van der Waals surface area (Å²) in [6.45, 7) is 17.8. The molecule has 0 aliphatic heterocycles. The van der Waals surface area contributed by atoms with Gasteiger partial charge >= 0.3 is 18.0 Å². The Morgan fingerprint density at radius 2 is 1.13 bits per heavy atom. The zero-order valence-electron chi connectivity index (χ0n) is 28.5. The Hall–Kier alpha value is -3.75. The van der Waals surface area contributed by atoms with Gasteiger partial charge in [0.25, 0.3) is 0 Å². The van der Waals surface area contributed by atoms with Crippen LogP contribution in [0.5, 0.6) is 11.5 Å². The molecule has 1 saturated carbocycles. The molecule has 0 radical (unpaired) electrons. The highest BCUT2D eigenvalue weighted by molar-refractivity contribution is 5.83. The molecule has 0 spiro atoms. The number of benzene rings is 2. The van der Waals surface area contributed by atoms with Crippen molar-refractivity contribution >= 4 is 18.0 Å². The van der Waals surface area contributed by atoms with Gasteiger partial charge in [-0.25, -0.2) is 9.59 Å². The van der Waals surface area contributed by atoms with Crippen molar-refractivity contribution in [3.8, 4) is 11.5 Å². The summed E-state index contributed by atoms with van der Waals surface area (Å²) < 4.78 is 28.9. The summed E-state index contributed by atoms with van der Waals surface area (Å²) in [4.78, 5) is 39.3. The predicted octanol–water partition coefficient (Wildman–Crippen LogP) is 7.11. The van der Waals surface area contributed by atoms with Crippen LogP contribution in [0.3, 0.4) is 0 Å². The average molecular weight is 626 g/mol. The first kappa shape index (κ1) is 35.7. The molecule has 1 fully saturated rings. The smallest absolute Gasteiger partial charge is 0.408 e. The molecule has 1 aliphatic rings. The molecule has 9 heteroatoms. The highest BCUT2D eigenvalue weighted by atomic mass is 16.6. The second kappa shape index (κ2) is 14.6. The number of rotatable bonds is 11. The molecule has 0 heterocycles. The minimum absolute atomic E-state index is 0.0359. The van der Waals surface area contributed by atoms with E-state index < -0.39 is 46.8 Å². The van der Waals surface area contributed by atoms with Crippen LogP contribution in [0.4, 0.5) is 4.79 Å². The molecule has 3 rings (SSSR count). The van der Waals surface area contributed by atoms with Gasteiger partial charge in [-0.2, -0.15) is 0 Å². The number of amides is 1. The maximum Gasteiger partial charge on any atom is 0.408 e. The quantitative estimate of drug-likeness (QED) is 0.208. The second-order valence-electron chi connectivity index (χ2n) is 14.8. The summed E-state index contributed by atoms with van der Waals surface area (Å²) >= 11 is 0. The van der Waals surface area contributed by atoms with Crippen LogP contribution in [-0.2, 0) is 30.2 Å². The molecule has 0 aromatic heterocycles. The Kier molecular flexibility index (Phi) is 11.6. The number of aryl methyl sites for hydroxylation is 1. The first-order chi connectivity index (χ1) is 20.7. The molecular formula is C36H51NO8. The maximum atomic E-state index is 13.4. The number of carbonyl (C=O) groups excluding carboxylic acids is 3. The molecule has 2 aromatic carbocycles. The Morgan fingerprint density at radius 1 is 0.689 bits per heavy atom. The van der Waals surface area contributed by atoms with Crippen molar-refractivity contribution in [1.29, 1.82) is 0 Å². The fraction of sp³-hybridized carbons (Fsp3) is 0.583. The van der Waals surface area contributed by atoms with E-state index in [0.29, 0.717) is 0 Å². The van der Waals surface area contributed by atoms with Gasteiger partial charge in [-0.1, -0.05) is 29.8 Å². The molecule has 0 bridgehead atoms. The molecule has 248 valence electrons. The lowest BCUT2D eigenvalue weighted by Gasteiger charge is -2.35. The normalized spacial score (nSPS) is 18.1. The van der Waals surface area contributed by atoms with Crippen LogP contribution in [0.15, 0.2) is 48.5 Å². The SMILES string of the molecule is Cc1ccc(OC2CC(Oc3ccc(CC(C[C@H](NC(=O)OC(C)(C)C)C(=O)OC(C)(C)C)C(=O)OC(C)(C)C)cc3)C2)cc1. The Morgan fingerprint density at radius 3 is 1.60 bits per heavy atom. The van der Waals surface area contributed by atoms with Crippen LogP contribution in [-0.4, -0.2) is 53.1 Å². The van der Waals surface area contributed by atoms with Crippen molar-refractivity contribution in [1.82, 2.24) is 5.32 Å². The molecule has 1 unspecified atom stereocenters. The molecule has 1 aliphatic carbocycles. The maximum absolute atomic E-state index is 13.4. The number of nitrogens with one attached hydrogen (secondary N) is 1. The summed E-state index contributed by atoms with van der Waals surface area (Å²) in [6.07, 6.45) is 1.25. The van der Waals surface area contributed by atoms with E-state index in [2.05, 4.69) is 5.32 Å². The van der Waals surface area contributed by atoms with Crippen LogP contribution in [0.2, 0.25) is 0 Å². The van der Waals surface area contributed by atoms with Crippen LogP contribution in [0.1, 0.15) is 92.7 Å². The first-order valence-corrected chi connectivity index (χ1v) is 15.7. The second-order valence-corrected chi connectivity index (χ2v) is 14.8. The largest absolute Gasteiger partial charge is 0.490 e. The minimum Gasteiger partial charge on any atom is -0.490 e. The number of alkyl carbamates (subject to hydrolysis) is 1. The molecule has 2 aromatic rings. The molecule has 1 amide bonds. The Labute approximate surface area is 268 Å². The molecule has 45 heavy (non-hydrogen) atoms. The van der Waals surface area contributed by atoms with E-state index in [9.17, 15) is 14.4 Å². The van der Waals surface area contributed by atoms with Gasteiger partial charge in [0.15, 0.2) is 0 Å². The Bertz CT molecular complexity index is 1280. The summed E-state index contributed by atoms with van der Waals surface area (Å²) in [5.74, 6) is -0.297. The lowest BCUT2D eigenvalue weighted by Crippen LogP contribution is -2.48. The minimum atomic E-state index is -1.13. The fourth-order valence-electron chi connectivity index (χ4n) is 4.67. The molecule has 9 nitrogen and oxygen atoms in total. The summed E-state index contributed by atoms with van der Waals surface area (Å²) in [5.41, 5.74) is -0.261. The topological polar surface area (TPSA) is 109 Å².